The van der Waals surface area contributed by atoms with Crippen LogP contribution in [0.15, 0.2) is 88.2 Å². The lowest BCUT2D eigenvalue weighted by molar-refractivity contribution is -0.139. The van der Waals surface area contributed by atoms with Crippen LogP contribution >= 0.6 is 39.3 Å². The fraction of sp³-hybridized carbons (Fsp3) is 0.286. The van der Waals surface area contributed by atoms with Crippen LogP contribution in [0.3, 0.4) is 0 Å². The summed E-state index contributed by atoms with van der Waals surface area (Å²) in [5.74, 6) is -0.00155. The van der Waals surface area contributed by atoms with Gasteiger partial charge in [-0.1, -0.05) is 76.9 Å². The number of nitrogens with one attached hydrogen (secondary N) is 1. The van der Waals surface area contributed by atoms with Gasteiger partial charge in [0.25, 0.3) is 0 Å². The van der Waals surface area contributed by atoms with E-state index >= 15 is 0 Å². The highest BCUT2D eigenvalue weighted by molar-refractivity contribution is 9.10. The van der Waals surface area contributed by atoms with Gasteiger partial charge in [-0.25, -0.2) is 0 Å². The van der Waals surface area contributed by atoms with Crippen molar-refractivity contribution >= 4 is 51.1 Å². The van der Waals surface area contributed by atoms with Crippen molar-refractivity contribution in [3.05, 3.63) is 99.5 Å². The molecular weight excluding hydrogens is 544 g/mol. The Kier molecular flexibility index (Phi) is 10.7. The van der Waals surface area contributed by atoms with Crippen molar-refractivity contribution in [1.29, 1.82) is 0 Å². The quantitative estimate of drug-likeness (QED) is 0.258. The molecule has 0 radical (unpaired) electrons. The van der Waals surface area contributed by atoms with E-state index in [-0.39, 0.29) is 23.6 Å². The lowest BCUT2D eigenvalue weighted by Crippen LogP contribution is -2.52. The molecule has 0 bridgehead atoms. The Morgan fingerprint density at radius 3 is 2.26 bits per heavy atom. The lowest BCUT2D eigenvalue weighted by Gasteiger charge is -2.32. The largest absolute Gasteiger partial charge is 0.352 e. The first-order chi connectivity index (χ1) is 16.9. The highest BCUT2D eigenvalue weighted by Crippen LogP contribution is 2.23. The average molecular weight is 574 g/mol. The fourth-order valence-corrected chi connectivity index (χ4v) is 4.72. The number of carbonyl (C=O) groups is 2. The molecule has 0 heterocycles. The van der Waals surface area contributed by atoms with Crippen molar-refractivity contribution in [2.24, 2.45) is 0 Å². The summed E-state index contributed by atoms with van der Waals surface area (Å²) in [5, 5.41) is 3.75. The summed E-state index contributed by atoms with van der Waals surface area (Å²) in [6.45, 7) is 4.36. The van der Waals surface area contributed by atoms with Crippen molar-refractivity contribution in [1.82, 2.24) is 10.2 Å². The molecule has 0 aliphatic rings. The number of amides is 2. The second kappa shape index (κ2) is 13.7. The summed E-state index contributed by atoms with van der Waals surface area (Å²) in [6, 6.07) is 24.5. The minimum atomic E-state index is -0.631. The van der Waals surface area contributed by atoms with Gasteiger partial charge < -0.3 is 10.2 Å². The van der Waals surface area contributed by atoms with Gasteiger partial charge in [0.2, 0.25) is 11.8 Å². The maximum atomic E-state index is 13.6. The molecule has 184 valence electrons. The van der Waals surface area contributed by atoms with Gasteiger partial charge in [-0.2, -0.15) is 0 Å². The van der Waals surface area contributed by atoms with E-state index in [2.05, 4.69) is 21.2 Å². The number of rotatable bonds is 11. The topological polar surface area (TPSA) is 49.4 Å². The second-order valence-electron chi connectivity index (χ2n) is 8.41. The van der Waals surface area contributed by atoms with E-state index < -0.39 is 6.04 Å². The van der Waals surface area contributed by atoms with Gasteiger partial charge in [0.15, 0.2) is 0 Å². The van der Waals surface area contributed by atoms with Gasteiger partial charge in [0.05, 0.1) is 5.75 Å². The average Bonchev–Trinajstić information content (AvgIpc) is 2.87. The van der Waals surface area contributed by atoms with Gasteiger partial charge in [-0.15, -0.1) is 11.8 Å². The zero-order valence-electron chi connectivity index (χ0n) is 19.9. The summed E-state index contributed by atoms with van der Waals surface area (Å²) >= 11 is 10.9. The van der Waals surface area contributed by atoms with Gasteiger partial charge in [0, 0.05) is 33.4 Å². The third-order valence-corrected chi connectivity index (χ3v) is 7.49. The Morgan fingerprint density at radius 1 is 0.971 bits per heavy atom. The van der Waals surface area contributed by atoms with Crippen LogP contribution in [0.25, 0.3) is 0 Å². The molecule has 7 heteroatoms. The predicted octanol–water partition coefficient (Wildman–Crippen LogP) is 6.75. The molecule has 0 aliphatic carbocycles. The highest BCUT2D eigenvalue weighted by Gasteiger charge is 2.31. The number of hydrogen-bond acceptors (Lipinski definition) is 3. The summed E-state index contributed by atoms with van der Waals surface area (Å²) < 4.78 is 0.966. The molecular formula is C28H30BrClN2O2S. The first-order valence-corrected chi connectivity index (χ1v) is 13.8. The number of thioether (sulfide) groups is 1. The third kappa shape index (κ3) is 8.71. The summed E-state index contributed by atoms with van der Waals surface area (Å²) in [7, 11) is 0. The monoisotopic (exact) mass is 572 g/mol. The van der Waals surface area contributed by atoms with Crippen LogP contribution in [0.2, 0.25) is 5.02 Å². The SMILES string of the molecule is CC[C@H](C)NC(=O)[C@@H](Cc1ccccc1)N(Cc1ccc(Br)cc1)C(=O)CSc1ccc(Cl)cc1. The van der Waals surface area contributed by atoms with Crippen LogP contribution in [-0.4, -0.2) is 34.6 Å². The summed E-state index contributed by atoms with van der Waals surface area (Å²) in [6.07, 6.45) is 1.26. The summed E-state index contributed by atoms with van der Waals surface area (Å²) in [5.41, 5.74) is 1.98. The van der Waals surface area contributed by atoms with Crippen LogP contribution in [0.5, 0.6) is 0 Å². The zero-order valence-corrected chi connectivity index (χ0v) is 23.1. The van der Waals surface area contributed by atoms with Crippen molar-refractivity contribution in [3.8, 4) is 0 Å². The van der Waals surface area contributed by atoms with E-state index in [4.69, 9.17) is 11.6 Å². The third-order valence-electron chi connectivity index (χ3n) is 5.71. The number of hydrogen-bond donors (Lipinski definition) is 1. The standard InChI is InChI=1S/C28H30BrClN2O2S/c1-3-20(2)31-28(34)26(17-21-7-5-4-6-8-21)32(18-22-9-11-23(29)12-10-22)27(33)19-35-25-15-13-24(30)14-16-25/h4-16,20,26H,3,17-19H2,1-2H3,(H,31,34)/t20-,26+/m0/s1. The maximum Gasteiger partial charge on any atom is 0.243 e. The van der Waals surface area contributed by atoms with Gasteiger partial charge in [-0.3, -0.25) is 9.59 Å². The summed E-state index contributed by atoms with van der Waals surface area (Å²) in [4.78, 5) is 29.8. The van der Waals surface area contributed by atoms with Crippen LogP contribution in [-0.2, 0) is 22.6 Å². The van der Waals surface area contributed by atoms with Crippen LogP contribution in [0.4, 0.5) is 0 Å². The predicted molar refractivity (Wildman–Crippen MR) is 149 cm³/mol. The Hall–Kier alpha value is -2.28. The van der Waals surface area contributed by atoms with E-state index in [1.807, 2.05) is 92.7 Å². The molecule has 1 N–H and O–H groups in total. The number of benzene rings is 3. The van der Waals surface area contributed by atoms with Gasteiger partial charge in [0.1, 0.15) is 6.04 Å². The van der Waals surface area contributed by atoms with Gasteiger partial charge in [-0.05, 0) is 60.9 Å². The Balaban J connectivity index is 1.89. The number of nitrogens with zero attached hydrogens (tertiary/aromatic N) is 1. The van der Waals surface area contributed by atoms with Gasteiger partial charge >= 0.3 is 0 Å². The number of carbonyl (C=O) groups excluding carboxylic acids is 2. The Labute approximate surface area is 225 Å². The van der Waals surface area contributed by atoms with E-state index in [9.17, 15) is 9.59 Å². The molecule has 2 amide bonds. The molecule has 3 aromatic carbocycles. The molecule has 4 nitrogen and oxygen atoms in total. The van der Waals surface area contributed by atoms with Crippen LogP contribution < -0.4 is 5.32 Å². The molecule has 3 aromatic rings. The number of halogens is 2. The Morgan fingerprint density at radius 2 is 1.63 bits per heavy atom. The lowest BCUT2D eigenvalue weighted by atomic mass is 10.0. The van der Waals surface area contributed by atoms with E-state index in [1.165, 1.54) is 11.8 Å². The van der Waals surface area contributed by atoms with Crippen LogP contribution in [0.1, 0.15) is 31.4 Å². The fourth-order valence-electron chi connectivity index (χ4n) is 3.54. The van der Waals surface area contributed by atoms with Crippen molar-refractivity contribution in [2.75, 3.05) is 5.75 Å². The molecule has 0 saturated heterocycles. The van der Waals surface area contributed by atoms with Crippen molar-refractivity contribution < 1.29 is 9.59 Å². The molecule has 0 fully saturated rings. The molecule has 35 heavy (non-hydrogen) atoms. The normalized spacial score (nSPS) is 12.6. The highest BCUT2D eigenvalue weighted by atomic mass is 79.9. The second-order valence-corrected chi connectivity index (χ2v) is 10.8. The molecule has 3 rings (SSSR count). The van der Waals surface area contributed by atoms with E-state index in [1.54, 1.807) is 4.90 Å². The first-order valence-electron chi connectivity index (χ1n) is 11.6. The molecule has 0 aromatic heterocycles. The van der Waals surface area contributed by atoms with Crippen LogP contribution in [0, 0.1) is 0 Å². The minimum Gasteiger partial charge on any atom is -0.352 e. The first kappa shape index (κ1) is 27.3. The molecule has 0 saturated carbocycles. The molecule has 2 atom stereocenters. The maximum absolute atomic E-state index is 13.6. The molecule has 0 spiro atoms. The molecule has 0 unspecified atom stereocenters. The van der Waals surface area contributed by atoms with E-state index in [0.717, 1.165) is 26.9 Å². The Bertz CT molecular complexity index is 1090. The zero-order chi connectivity index (χ0) is 25.2. The van der Waals surface area contributed by atoms with Crippen molar-refractivity contribution in [3.63, 3.8) is 0 Å². The smallest absolute Gasteiger partial charge is 0.243 e. The van der Waals surface area contributed by atoms with E-state index in [0.29, 0.717) is 18.0 Å². The minimum absolute atomic E-state index is 0.0221. The van der Waals surface area contributed by atoms with Crippen molar-refractivity contribution in [2.45, 2.75) is 50.2 Å². The molecule has 0 aliphatic heterocycles.